The van der Waals surface area contributed by atoms with E-state index < -0.39 is 6.04 Å². The lowest BCUT2D eigenvalue weighted by molar-refractivity contribution is -0.147. The van der Waals surface area contributed by atoms with Crippen molar-refractivity contribution in [3.8, 4) is 0 Å². The Labute approximate surface area is 80.3 Å². The van der Waals surface area contributed by atoms with E-state index in [0.29, 0.717) is 6.61 Å². The number of rotatable bonds is 4. The lowest BCUT2D eigenvalue weighted by atomic mass is 9.99. The molecule has 0 rings (SSSR count). The average Bonchev–Trinajstić information content (AvgIpc) is 1.99. The predicted octanol–water partition coefficient (Wildman–Crippen LogP) is 1.76. The van der Waals surface area contributed by atoms with Crippen molar-refractivity contribution in [2.24, 2.45) is 5.41 Å². The molecule has 0 bridgehead atoms. The van der Waals surface area contributed by atoms with E-state index in [4.69, 9.17) is 4.74 Å². The van der Waals surface area contributed by atoms with Crippen molar-refractivity contribution in [3.63, 3.8) is 0 Å². The Hall–Kier alpha value is -0.470. The summed E-state index contributed by atoms with van der Waals surface area (Å²) in [5, 5.41) is 2.42. The van der Waals surface area contributed by atoms with Crippen LogP contribution in [0.1, 0.15) is 27.7 Å². The fourth-order valence-electron chi connectivity index (χ4n) is 0.544. The van der Waals surface area contributed by atoms with Gasteiger partial charge in [0.15, 0.2) is 0 Å². The molecule has 0 spiro atoms. The van der Waals surface area contributed by atoms with Gasteiger partial charge in [-0.1, -0.05) is 20.8 Å². The van der Waals surface area contributed by atoms with Crippen LogP contribution in [0.15, 0.2) is 0 Å². The largest absolute Gasteiger partial charge is 0.464 e. The van der Waals surface area contributed by atoms with Crippen LogP contribution < -0.4 is 5.09 Å². The Balaban J connectivity index is 3.81. The quantitative estimate of drug-likeness (QED) is 0.561. The van der Waals surface area contributed by atoms with Gasteiger partial charge >= 0.3 is 5.97 Å². The highest BCUT2D eigenvalue weighted by Gasteiger charge is 2.17. The van der Waals surface area contributed by atoms with Crippen LogP contribution in [0.25, 0.3) is 0 Å². The van der Waals surface area contributed by atoms with Crippen LogP contribution in [0.2, 0.25) is 0 Å². The highest BCUT2D eigenvalue weighted by molar-refractivity contribution is 7.21. The van der Waals surface area contributed by atoms with Crippen molar-refractivity contribution >= 4 is 14.6 Å². The average molecular weight is 205 g/mol. The van der Waals surface area contributed by atoms with Crippen LogP contribution >= 0.6 is 8.61 Å². The molecule has 1 N–H and O–H groups in total. The van der Waals surface area contributed by atoms with Crippen LogP contribution in [0.4, 0.5) is 0 Å². The van der Waals surface area contributed by atoms with Gasteiger partial charge in [0.05, 0.1) is 6.61 Å². The number of esters is 1. The van der Waals surface area contributed by atoms with E-state index in [0.717, 1.165) is 0 Å². The molecule has 0 saturated carbocycles. The number of ether oxygens (including phenoxy) is 1. The molecule has 0 radical (unpaired) electrons. The number of carbonyl (C=O) groups excluding carboxylic acids is 1. The first kappa shape index (κ1) is 12.5. The first-order valence-corrected chi connectivity index (χ1v) is 4.92. The van der Waals surface area contributed by atoms with Gasteiger partial charge in [0.1, 0.15) is 6.04 Å². The molecule has 0 aliphatic rings. The zero-order chi connectivity index (χ0) is 10.5. The van der Waals surface area contributed by atoms with E-state index in [-0.39, 0.29) is 20.0 Å². The summed E-state index contributed by atoms with van der Waals surface area (Å²) in [5.41, 5.74) is -0.0371. The maximum absolute atomic E-state index is 11.2. The maximum atomic E-state index is 11.2. The summed E-state index contributed by atoms with van der Waals surface area (Å²) in [4.78, 5) is 11.2. The van der Waals surface area contributed by atoms with Gasteiger partial charge < -0.3 is 4.74 Å². The third kappa shape index (κ3) is 6.67. The molecular weight excluding hydrogens is 189 g/mol. The van der Waals surface area contributed by atoms with Crippen molar-refractivity contribution in [2.45, 2.75) is 33.7 Å². The Morgan fingerprint density at radius 3 is 2.46 bits per heavy atom. The zero-order valence-corrected chi connectivity index (χ0v) is 9.35. The van der Waals surface area contributed by atoms with Crippen LogP contribution in [0.3, 0.4) is 0 Å². The van der Waals surface area contributed by atoms with E-state index >= 15 is 0 Å². The van der Waals surface area contributed by atoms with Gasteiger partial charge in [-0.3, -0.25) is 9.36 Å². The third-order valence-electron chi connectivity index (χ3n) is 1.25. The molecule has 0 aromatic heterocycles. The van der Waals surface area contributed by atoms with Crippen molar-refractivity contribution in [3.05, 3.63) is 0 Å². The Bertz CT molecular complexity index is 188. The molecule has 76 valence electrons. The molecule has 0 heterocycles. The molecule has 0 saturated heterocycles. The van der Waals surface area contributed by atoms with E-state index in [1.165, 1.54) is 0 Å². The van der Waals surface area contributed by atoms with Crippen LogP contribution in [-0.4, -0.2) is 18.6 Å². The molecule has 4 nitrogen and oxygen atoms in total. The fraction of sp³-hybridized carbons (Fsp3) is 0.875. The highest BCUT2D eigenvalue weighted by atomic mass is 31.1. The number of hydrogen-bond donors (Lipinski definition) is 1. The van der Waals surface area contributed by atoms with E-state index in [1.54, 1.807) is 6.92 Å². The number of carbonyl (C=O) groups is 1. The minimum Gasteiger partial charge on any atom is -0.464 e. The second kappa shape index (κ2) is 5.30. The second-order valence-electron chi connectivity index (χ2n) is 4.11. The summed E-state index contributed by atoms with van der Waals surface area (Å²) < 4.78 is 15.1. The summed E-state index contributed by atoms with van der Waals surface area (Å²) in [6.07, 6.45) is 0. The second-order valence-corrected chi connectivity index (χ2v) is 4.55. The van der Waals surface area contributed by atoms with Crippen molar-refractivity contribution in [2.75, 3.05) is 6.61 Å². The van der Waals surface area contributed by atoms with Gasteiger partial charge in [0.25, 0.3) is 0 Å². The number of hydrogen-bond acceptors (Lipinski definition) is 3. The molecule has 0 aromatic carbocycles. The van der Waals surface area contributed by atoms with E-state index in [9.17, 15) is 9.36 Å². The summed E-state index contributed by atoms with van der Waals surface area (Å²) >= 11 is 0. The lowest BCUT2D eigenvalue weighted by Crippen LogP contribution is -2.31. The normalized spacial score (nSPS) is 14.2. The van der Waals surface area contributed by atoms with Gasteiger partial charge in [0, 0.05) is 0 Å². The minimum absolute atomic E-state index is 0.0371. The molecule has 13 heavy (non-hydrogen) atoms. The van der Waals surface area contributed by atoms with Crippen LogP contribution in [-0.2, 0) is 14.1 Å². The molecule has 0 amide bonds. The maximum Gasteiger partial charge on any atom is 0.323 e. The summed E-state index contributed by atoms with van der Waals surface area (Å²) in [5.74, 6) is -0.377. The Kier molecular flexibility index (Phi) is 5.11. The van der Waals surface area contributed by atoms with Crippen molar-refractivity contribution < 1.29 is 14.1 Å². The first-order chi connectivity index (χ1) is 5.87. The van der Waals surface area contributed by atoms with Crippen molar-refractivity contribution in [1.82, 2.24) is 5.09 Å². The molecular formula is C8H16NO3P. The molecule has 5 heteroatoms. The van der Waals surface area contributed by atoms with Crippen LogP contribution in [0, 0.1) is 5.41 Å². The summed E-state index contributed by atoms with van der Waals surface area (Å²) in [7, 11) is -0.254. The first-order valence-electron chi connectivity index (χ1n) is 4.11. The Morgan fingerprint density at radius 2 is 2.08 bits per heavy atom. The zero-order valence-electron chi connectivity index (χ0n) is 8.46. The third-order valence-corrected chi connectivity index (χ3v) is 1.74. The van der Waals surface area contributed by atoms with Crippen molar-refractivity contribution in [1.29, 1.82) is 0 Å². The molecule has 0 aromatic rings. The van der Waals surface area contributed by atoms with Gasteiger partial charge in [-0.15, -0.1) is 0 Å². The van der Waals surface area contributed by atoms with Gasteiger partial charge in [-0.2, -0.15) is 0 Å². The molecule has 0 fully saturated rings. The Morgan fingerprint density at radius 1 is 1.54 bits per heavy atom. The van der Waals surface area contributed by atoms with E-state index in [1.807, 2.05) is 20.8 Å². The fourth-order valence-corrected chi connectivity index (χ4v) is 0.808. The van der Waals surface area contributed by atoms with Crippen LogP contribution in [0.5, 0.6) is 0 Å². The number of nitrogens with one attached hydrogen (secondary N) is 1. The van der Waals surface area contributed by atoms with Gasteiger partial charge in [0.2, 0.25) is 8.61 Å². The smallest absolute Gasteiger partial charge is 0.323 e. The highest BCUT2D eigenvalue weighted by Crippen LogP contribution is 2.13. The molecule has 1 atom stereocenters. The monoisotopic (exact) mass is 205 g/mol. The molecule has 1 unspecified atom stereocenters. The van der Waals surface area contributed by atoms with Gasteiger partial charge in [-0.25, -0.2) is 5.09 Å². The lowest BCUT2D eigenvalue weighted by Gasteiger charge is -2.19. The summed E-state index contributed by atoms with van der Waals surface area (Å²) in [6, 6.07) is -0.526. The molecule has 0 aliphatic heterocycles. The van der Waals surface area contributed by atoms with Gasteiger partial charge in [-0.05, 0) is 12.3 Å². The predicted molar refractivity (Wildman–Crippen MR) is 50.6 cm³/mol. The molecule has 0 aliphatic carbocycles. The van der Waals surface area contributed by atoms with E-state index in [2.05, 4.69) is 5.09 Å². The topological polar surface area (TPSA) is 55.4 Å². The standard InChI is InChI=1S/C8H16NO3P/c1-6(9-13-11)7(10)12-5-8(2,3)4/h6H,5H2,1-4H3,(H,9,11). The summed E-state index contributed by atoms with van der Waals surface area (Å²) in [6.45, 7) is 7.90. The SMILES string of the molecule is CC(NP=O)C(=O)OCC(C)(C)C. The minimum atomic E-state index is -0.526.